The zero-order valence-electron chi connectivity index (χ0n) is 22.3. The molecule has 9 heteroatoms. The number of nitriles is 1. The number of anilines is 2. The molecule has 0 unspecified atom stereocenters. The number of hydrogen-bond acceptors (Lipinski definition) is 7. The van der Waals surface area contributed by atoms with Crippen LogP contribution in [0.3, 0.4) is 0 Å². The number of hydrogen-bond donors (Lipinski definition) is 2. The first-order valence-corrected chi connectivity index (χ1v) is 12.2. The van der Waals surface area contributed by atoms with Crippen LogP contribution >= 0.6 is 0 Å². The molecule has 0 radical (unpaired) electrons. The summed E-state index contributed by atoms with van der Waals surface area (Å²) >= 11 is 0. The second-order valence-electron chi connectivity index (χ2n) is 10.5. The number of ether oxygens (including phenoxy) is 1. The van der Waals surface area contributed by atoms with Crippen LogP contribution in [0.4, 0.5) is 15.8 Å². The third-order valence-electron chi connectivity index (χ3n) is 6.16. The van der Waals surface area contributed by atoms with Crippen LogP contribution in [-0.4, -0.2) is 33.6 Å². The predicted molar refractivity (Wildman–Crippen MR) is 141 cm³/mol. The number of fused-ring (bicyclic) bond motifs is 1. The van der Waals surface area contributed by atoms with E-state index in [0.717, 1.165) is 12.8 Å². The van der Waals surface area contributed by atoms with Gasteiger partial charge in [0.05, 0.1) is 38.0 Å². The average molecular weight is 501 g/mol. The van der Waals surface area contributed by atoms with E-state index in [0.29, 0.717) is 57.4 Å². The third kappa shape index (κ3) is 5.33. The fourth-order valence-corrected chi connectivity index (χ4v) is 4.08. The maximum Gasteiger partial charge on any atom is 0.147 e. The number of pyridine rings is 1. The smallest absolute Gasteiger partial charge is 0.147 e. The van der Waals surface area contributed by atoms with Crippen LogP contribution in [0.15, 0.2) is 48.8 Å². The van der Waals surface area contributed by atoms with Crippen LogP contribution in [-0.2, 0) is 0 Å². The minimum absolute atomic E-state index is 0.0332. The van der Waals surface area contributed by atoms with Crippen LogP contribution in [0.5, 0.6) is 5.75 Å². The molecule has 0 bridgehead atoms. The Morgan fingerprint density at radius 1 is 1.27 bits per heavy atom. The molecule has 1 saturated carbocycles. The van der Waals surface area contributed by atoms with Crippen molar-refractivity contribution in [2.75, 3.05) is 24.3 Å². The third-order valence-corrected chi connectivity index (χ3v) is 6.16. The summed E-state index contributed by atoms with van der Waals surface area (Å²) in [7, 11) is 1.55. The van der Waals surface area contributed by atoms with E-state index >= 15 is 0 Å². The lowest BCUT2D eigenvalue weighted by atomic mass is 9.96. The van der Waals surface area contributed by atoms with Gasteiger partial charge < -0.3 is 15.4 Å². The van der Waals surface area contributed by atoms with E-state index in [2.05, 4.69) is 52.8 Å². The summed E-state index contributed by atoms with van der Waals surface area (Å²) in [5.41, 5.74) is 3.03. The van der Waals surface area contributed by atoms with Gasteiger partial charge in [-0.3, -0.25) is 4.98 Å². The molecular weight excluding hydrogens is 469 g/mol. The van der Waals surface area contributed by atoms with Crippen LogP contribution in [0, 0.1) is 22.6 Å². The van der Waals surface area contributed by atoms with Crippen molar-refractivity contribution in [3.8, 4) is 11.8 Å². The van der Waals surface area contributed by atoms with Crippen molar-refractivity contribution in [3.63, 3.8) is 0 Å². The summed E-state index contributed by atoms with van der Waals surface area (Å²) in [6.45, 7) is 6.95. The number of nitrogens with one attached hydrogen (secondary N) is 2. The van der Waals surface area contributed by atoms with Gasteiger partial charge in [-0.2, -0.15) is 5.26 Å². The van der Waals surface area contributed by atoms with Crippen LogP contribution in [0.2, 0.25) is 0 Å². The van der Waals surface area contributed by atoms with Gasteiger partial charge in [0.2, 0.25) is 0 Å². The molecular formula is C28H30FN7O. The molecule has 8 nitrogen and oxygen atoms in total. The highest BCUT2D eigenvalue weighted by Gasteiger charge is 2.27. The van der Waals surface area contributed by atoms with Gasteiger partial charge in [-0.25, -0.2) is 9.07 Å². The summed E-state index contributed by atoms with van der Waals surface area (Å²) in [5, 5.41) is 25.8. The van der Waals surface area contributed by atoms with Gasteiger partial charge in [-0.15, -0.1) is 5.10 Å². The molecule has 2 heterocycles. The highest BCUT2D eigenvalue weighted by atomic mass is 19.1. The molecule has 2 aromatic heterocycles. The molecule has 0 aliphatic heterocycles. The molecule has 5 rings (SSSR count). The van der Waals surface area contributed by atoms with Crippen molar-refractivity contribution in [1.29, 1.82) is 5.26 Å². The summed E-state index contributed by atoms with van der Waals surface area (Å²) in [6, 6.07) is 10.3. The summed E-state index contributed by atoms with van der Waals surface area (Å²) in [5.74, 6) is 0.0890. The number of halogens is 1. The Balaban J connectivity index is 1.64. The number of benzene rings is 2. The van der Waals surface area contributed by atoms with Gasteiger partial charge >= 0.3 is 0 Å². The summed E-state index contributed by atoms with van der Waals surface area (Å²) in [6.07, 6.45) is 5.35. The highest BCUT2D eigenvalue weighted by Crippen LogP contribution is 2.38. The first-order chi connectivity index (χ1) is 18.1. The zero-order valence-corrected chi connectivity index (χ0v) is 21.3. The van der Waals surface area contributed by atoms with Gasteiger partial charge in [0.15, 0.2) is 0 Å². The molecule has 37 heavy (non-hydrogen) atoms. The minimum Gasteiger partial charge on any atom is -0.494 e. The number of methoxy groups -OCH3 is 1. The molecule has 1 aliphatic carbocycles. The van der Waals surface area contributed by atoms with E-state index in [1.54, 1.807) is 36.2 Å². The van der Waals surface area contributed by atoms with E-state index in [1.165, 1.54) is 18.3 Å². The van der Waals surface area contributed by atoms with Gasteiger partial charge in [0.25, 0.3) is 0 Å². The second kappa shape index (κ2) is 9.69. The normalized spacial score (nSPS) is 15.5. The van der Waals surface area contributed by atoms with E-state index < -0.39 is 11.8 Å². The molecule has 1 fully saturated rings. The van der Waals surface area contributed by atoms with E-state index in [1.807, 2.05) is 6.07 Å². The zero-order chi connectivity index (χ0) is 27.1. The standard InChI is InChI=1S/C28H30FN7O/c1-28(2,3)16-32-25-18(13-30)14-31-27-22(25)11-20(12-24(27)37-4)33-26(17-5-7-19(29)8-6-17)23-15-36(35-34-23)21-9-10-21/h5-8,11-12,14-15,21,26,33H,9-10,16H2,1-4H3,(H,31,32)/t26-/m1/s1/i26D. The fraction of sp³-hybridized carbons (Fsp3) is 0.357. The van der Waals surface area contributed by atoms with Crippen molar-refractivity contribution in [1.82, 2.24) is 20.0 Å². The topological polar surface area (TPSA) is 101 Å². The second-order valence-corrected chi connectivity index (χ2v) is 10.5. The maximum absolute atomic E-state index is 13.8. The van der Waals surface area contributed by atoms with Crippen molar-refractivity contribution < 1.29 is 10.5 Å². The monoisotopic (exact) mass is 500 g/mol. The van der Waals surface area contributed by atoms with Crippen molar-refractivity contribution in [2.45, 2.75) is 45.7 Å². The van der Waals surface area contributed by atoms with Crippen LogP contribution in [0.25, 0.3) is 10.9 Å². The van der Waals surface area contributed by atoms with Gasteiger partial charge in [-0.1, -0.05) is 38.1 Å². The molecule has 0 spiro atoms. The van der Waals surface area contributed by atoms with Gasteiger partial charge in [0.1, 0.15) is 28.8 Å². The van der Waals surface area contributed by atoms with E-state index in [9.17, 15) is 11.0 Å². The van der Waals surface area contributed by atoms with E-state index in [4.69, 9.17) is 4.74 Å². The first-order valence-electron chi connectivity index (χ1n) is 12.7. The van der Waals surface area contributed by atoms with Gasteiger partial charge in [-0.05, 0) is 42.0 Å². The van der Waals surface area contributed by atoms with E-state index in [-0.39, 0.29) is 5.41 Å². The molecule has 1 aliphatic rings. The Bertz CT molecular complexity index is 1520. The molecule has 2 aromatic carbocycles. The number of aromatic nitrogens is 4. The number of rotatable bonds is 8. The molecule has 4 aromatic rings. The van der Waals surface area contributed by atoms with Crippen LogP contribution in [0.1, 0.15) is 63.9 Å². The maximum atomic E-state index is 13.8. The average Bonchev–Trinajstić information content (AvgIpc) is 3.62. The molecule has 0 amide bonds. The lowest BCUT2D eigenvalue weighted by Crippen LogP contribution is -2.20. The minimum atomic E-state index is -1.58. The summed E-state index contributed by atoms with van der Waals surface area (Å²) in [4.78, 5) is 4.49. The largest absolute Gasteiger partial charge is 0.494 e. The highest BCUT2D eigenvalue weighted by molar-refractivity contribution is 5.99. The van der Waals surface area contributed by atoms with Crippen molar-refractivity contribution >= 4 is 22.3 Å². The Morgan fingerprint density at radius 3 is 2.68 bits per heavy atom. The summed E-state index contributed by atoms with van der Waals surface area (Å²) < 4.78 is 30.8. The quantitative estimate of drug-likeness (QED) is 0.313. The molecule has 0 saturated heterocycles. The van der Waals surface area contributed by atoms with Crippen LogP contribution < -0.4 is 15.4 Å². The fourth-order valence-electron chi connectivity index (χ4n) is 4.08. The number of nitrogens with zero attached hydrogens (tertiary/aromatic N) is 5. The van der Waals surface area contributed by atoms with Gasteiger partial charge in [0, 0.05) is 29.9 Å². The Labute approximate surface area is 216 Å². The van der Waals surface area contributed by atoms with Crippen molar-refractivity contribution in [2.24, 2.45) is 5.41 Å². The Kier molecular flexibility index (Phi) is 6.08. The molecule has 190 valence electrons. The Morgan fingerprint density at radius 2 is 2.03 bits per heavy atom. The molecule has 2 N–H and O–H groups in total. The Hall–Kier alpha value is -4.19. The first kappa shape index (κ1) is 23.2. The lowest BCUT2D eigenvalue weighted by Gasteiger charge is -2.23. The lowest BCUT2D eigenvalue weighted by molar-refractivity contribution is 0.419. The predicted octanol–water partition coefficient (Wildman–Crippen LogP) is 5.84. The molecule has 1 atom stereocenters. The van der Waals surface area contributed by atoms with Crippen molar-refractivity contribution in [3.05, 3.63) is 71.4 Å². The SMILES string of the molecule is [2H][C@@](Nc1cc(OC)c2ncc(C#N)c(NCC(C)(C)C)c2c1)(c1ccc(F)cc1)c1cn(C2CC2)nn1.